The predicted molar refractivity (Wildman–Crippen MR) is 159 cm³/mol. The van der Waals surface area contributed by atoms with Gasteiger partial charge in [-0.15, -0.1) is 0 Å². The van der Waals surface area contributed by atoms with E-state index in [1.165, 1.54) is 50.1 Å². The van der Waals surface area contributed by atoms with Crippen LogP contribution in [-0.2, 0) is 0 Å². The van der Waals surface area contributed by atoms with Crippen LogP contribution < -0.4 is 4.90 Å². The van der Waals surface area contributed by atoms with Gasteiger partial charge in [-0.1, -0.05) is 60.7 Å². The highest BCUT2D eigenvalue weighted by atomic mass is 15.1. The van der Waals surface area contributed by atoms with E-state index in [2.05, 4.69) is 145 Å². The molecule has 0 bridgehead atoms. The van der Waals surface area contributed by atoms with Crippen molar-refractivity contribution in [2.75, 3.05) is 4.90 Å². The van der Waals surface area contributed by atoms with Crippen molar-refractivity contribution in [1.29, 1.82) is 0 Å². The molecule has 182 valence electrons. The highest BCUT2D eigenvalue weighted by Gasteiger charge is 2.18. The molecule has 0 fully saturated rings. The lowest BCUT2D eigenvalue weighted by Crippen LogP contribution is -2.09. The summed E-state index contributed by atoms with van der Waals surface area (Å²) < 4.78 is 0. The second-order valence-corrected chi connectivity index (χ2v) is 9.83. The molecule has 0 N–H and O–H groups in total. The molecular weight excluding hydrogens is 434 g/mol. The maximum atomic E-state index is 4.24. The molecule has 0 spiro atoms. The van der Waals surface area contributed by atoms with Crippen LogP contribution >= 0.6 is 0 Å². The van der Waals surface area contributed by atoms with Crippen molar-refractivity contribution in [1.82, 2.24) is 0 Å². The van der Waals surface area contributed by atoms with Crippen molar-refractivity contribution in [3.05, 3.63) is 130 Å². The van der Waals surface area contributed by atoms with Crippen LogP contribution in [0, 0.1) is 27.7 Å². The van der Waals surface area contributed by atoms with Crippen molar-refractivity contribution in [2.24, 2.45) is 0 Å². The fourth-order valence-electron chi connectivity index (χ4n) is 5.38. The van der Waals surface area contributed by atoms with E-state index in [4.69, 9.17) is 0 Å². The van der Waals surface area contributed by atoms with Crippen LogP contribution in [0.3, 0.4) is 0 Å². The van der Waals surface area contributed by atoms with E-state index in [9.17, 15) is 0 Å². The molecule has 0 saturated heterocycles. The van der Waals surface area contributed by atoms with Crippen LogP contribution in [0.5, 0.6) is 0 Å². The standard InChI is InChI=1S/C35H37N/c1-23(2)34-26(5)28(7)35(29(8)27(34)6)25(4)24(3)30-19-21-33(22-20-30)36(31-15-11-9-12-16-31)32-17-13-10-14-18-32/h9-22H,1H2,2-8H3. The fourth-order valence-corrected chi connectivity index (χ4v) is 5.38. The third-order valence-electron chi connectivity index (χ3n) is 7.58. The van der Waals surface area contributed by atoms with E-state index in [1.54, 1.807) is 0 Å². The lowest BCUT2D eigenvalue weighted by molar-refractivity contribution is 1.19. The summed E-state index contributed by atoms with van der Waals surface area (Å²) in [5, 5.41) is 0. The third-order valence-corrected chi connectivity index (χ3v) is 7.58. The molecule has 0 aliphatic rings. The third kappa shape index (κ3) is 4.66. The van der Waals surface area contributed by atoms with Crippen LogP contribution in [0.1, 0.15) is 59.7 Å². The SMILES string of the molecule is C=C(C)c1c(C)c(C)c(C(C)=C(C)c2ccc(N(c3ccccc3)c3ccccc3)cc2)c(C)c1C. The van der Waals surface area contributed by atoms with Crippen LogP contribution in [0.25, 0.3) is 16.7 Å². The monoisotopic (exact) mass is 471 g/mol. The summed E-state index contributed by atoms with van der Waals surface area (Å²) in [4.78, 5) is 2.30. The Morgan fingerprint density at radius 3 is 1.31 bits per heavy atom. The van der Waals surface area contributed by atoms with E-state index < -0.39 is 0 Å². The Hall–Kier alpha value is -3.84. The Balaban J connectivity index is 1.78. The number of hydrogen-bond donors (Lipinski definition) is 0. The molecule has 0 aliphatic heterocycles. The van der Waals surface area contributed by atoms with Crippen molar-refractivity contribution in [3.63, 3.8) is 0 Å². The molecule has 4 aromatic rings. The minimum absolute atomic E-state index is 1.14. The van der Waals surface area contributed by atoms with Crippen molar-refractivity contribution < 1.29 is 0 Å². The summed E-state index contributed by atoms with van der Waals surface area (Å²) >= 11 is 0. The minimum Gasteiger partial charge on any atom is -0.311 e. The molecule has 0 unspecified atom stereocenters. The molecule has 0 aliphatic carbocycles. The first kappa shape index (κ1) is 25.3. The lowest BCUT2D eigenvalue weighted by Gasteiger charge is -2.26. The summed E-state index contributed by atoms with van der Waals surface area (Å²) in [7, 11) is 0. The van der Waals surface area contributed by atoms with Crippen LogP contribution in [-0.4, -0.2) is 0 Å². The predicted octanol–water partition coefficient (Wildman–Crippen LogP) is 10.4. The van der Waals surface area contributed by atoms with Crippen molar-refractivity contribution in [3.8, 4) is 0 Å². The topological polar surface area (TPSA) is 3.24 Å². The normalized spacial score (nSPS) is 11.8. The Labute approximate surface area is 217 Å². The first-order valence-corrected chi connectivity index (χ1v) is 12.7. The lowest BCUT2D eigenvalue weighted by atomic mass is 9.82. The molecule has 0 atom stereocenters. The maximum Gasteiger partial charge on any atom is 0.0462 e. The molecule has 0 radical (unpaired) electrons. The zero-order valence-corrected chi connectivity index (χ0v) is 22.7. The number of para-hydroxylation sites is 2. The van der Waals surface area contributed by atoms with Gasteiger partial charge in [-0.3, -0.25) is 0 Å². The summed E-state index contributed by atoms with van der Waals surface area (Å²) in [6.45, 7) is 19.8. The average molecular weight is 472 g/mol. The van der Waals surface area contributed by atoms with Crippen molar-refractivity contribution >= 4 is 33.8 Å². The summed E-state index contributed by atoms with van der Waals surface area (Å²) in [6, 6.07) is 30.0. The van der Waals surface area contributed by atoms with Crippen molar-refractivity contribution in [2.45, 2.75) is 48.5 Å². The number of anilines is 3. The van der Waals surface area contributed by atoms with Gasteiger partial charge in [-0.2, -0.15) is 0 Å². The molecule has 0 amide bonds. The highest BCUT2D eigenvalue weighted by Crippen LogP contribution is 2.38. The van der Waals surface area contributed by atoms with E-state index in [-0.39, 0.29) is 0 Å². The van der Waals surface area contributed by atoms with Gasteiger partial charge in [0.1, 0.15) is 0 Å². The number of rotatable bonds is 6. The maximum absolute atomic E-state index is 4.24. The number of hydrogen-bond acceptors (Lipinski definition) is 1. The molecular formula is C35H37N. The van der Waals surface area contributed by atoms with Gasteiger partial charge in [-0.25, -0.2) is 0 Å². The molecule has 4 rings (SSSR count). The van der Waals surface area contributed by atoms with Gasteiger partial charge in [0.05, 0.1) is 0 Å². The average Bonchev–Trinajstić information content (AvgIpc) is 2.89. The summed E-state index contributed by atoms with van der Waals surface area (Å²) in [6.07, 6.45) is 0. The van der Waals surface area contributed by atoms with Gasteiger partial charge in [-0.05, 0) is 135 Å². The molecule has 0 heterocycles. The van der Waals surface area contributed by atoms with Gasteiger partial charge in [0.25, 0.3) is 0 Å². The second kappa shape index (κ2) is 10.4. The van der Waals surface area contributed by atoms with Crippen LogP contribution in [0.2, 0.25) is 0 Å². The van der Waals surface area contributed by atoms with Crippen LogP contribution in [0.4, 0.5) is 17.1 Å². The van der Waals surface area contributed by atoms with Gasteiger partial charge in [0.2, 0.25) is 0 Å². The Morgan fingerprint density at radius 1 is 0.500 bits per heavy atom. The summed E-state index contributed by atoms with van der Waals surface area (Å²) in [5.74, 6) is 0. The number of allylic oxidation sites excluding steroid dienone is 3. The zero-order chi connectivity index (χ0) is 26.0. The molecule has 36 heavy (non-hydrogen) atoms. The minimum atomic E-state index is 1.14. The van der Waals surface area contributed by atoms with E-state index >= 15 is 0 Å². The largest absolute Gasteiger partial charge is 0.311 e. The molecule has 1 heteroatoms. The molecule has 1 nitrogen and oxygen atoms in total. The number of benzene rings is 4. The van der Waals surface area contributed by atoms with Gasteiger partial charge >= 0.3 is 0 Å². The Kier molecular flexibility index (Phi) is 7.31. The smallest absolute Gasteiger partial charge is 0.0462 e. The van der Waals surface area contributed by atoms with Crippen LogP contribution in [0.15, 0.2) is 91.5 Å². The first-order chi connectivity index (χ1) is 17.2. The second-order valence-electron chi connectivity index (χ2n) is 9.83. The first-order valence-electron chi connectivity index (χ1n) is 12.7. The molecule has 4 aromatic carbocycles. The number of nitrogens with zero attached hydrogens (tertiary/aromatic N) is 1. The Bertz CT molecular complexity index is 1350. The molecule has 0 saturated carbocycles. The van der Waals surface area contributed by atoms with E-state index in [1.807, 2.05) is 0 Å². The fraction of sp³-hybridized carbons (Fsp3) is 0.200. The Morgan fingerprint density at radius 2 is 0.889 bits per heavy atom. The van der Waals surface area contributed by atoms with Gasteiger partial charge < -0.3 is 4.90 Å². The quantitative estimate of drug-likeness (QED) is 0.253. The van der Waals surface area contributed by atoms with Gasteiger partial charge in [0.15, 0.2) is 0 Å². The van der Waals surface area contributed by atoms with Gasteiger partial charge in [0, 0.05) is 17.1 Å². The van der Waals surface area contributed by atoms with E-state index in [0.29, 0.717) is 0 Å². The molecule has 0 aromatic heterocycles. The zero-order valence-electron chi connectivity index (χ0n) is 22.7. The summed E-state index contributed by atoms with van der Waals surface area (Å²) in [5.41, 5.74) is 16.5. The highest BCUT2D eigenvalue weighted by molar-refractivity contribution is 5.92. The van der Waals surface area contributed by atoms with E-state index in [0.717, 1.165) is 22.6 Å².